The summed E-state index contributed by atoms with van der Waals surface area (Å²) in [5, 5.41) is 5.66. The predicted octanol–water partition coefficient (Wildman–Crippen LogP) is 5.30. The third-order valence-electron chi connectivity index (χ3n) is 6.53. The number of rotatable bonds is 6. The first-order valence-corrected chi connectivity index (χ1v) is 14.6. The Kier molecular flexibility index (Phi) is 9.39. The fraction of sp³-hybridized carbons (Fsp3) is 0.0588. The molecule has 196 valence electrons. The molecule has 0 amide bonds. The molecule has 5 heteroatoms. The molecule has 4 nitrogen and oxygen atoms in total. The van der Waals surface area contributed by atoms with Crippen LogP contribution in [0.5, 0.6) is 0 Å². The fourth-order valence-electron chi connectivity index (χ4n) is 4.76. The summed E-state index contributed by atoms with van der Waals surface area (Å²) >= 11 is 0. The molecule has 0 unspecified atom stereocenters. The van der Waals surface area contributed by atoms with Gasteiger partial charge in [-0.15, -0.1) is 0 Å². The van der Waals surface area contributed by atoms with Crippen molar-refractivity contribution in [1.82, 2.24) is 0 Å². The number of benzene rings is 5. The Balaban J connectivity index is 0.000000215. The van der Waals surface area contributed by atoms with Gasteiger partial charge in [-0.2, -0.15) is 0 Å². The van der Waals surface area contributed by atoms with E-state index >= 15 is 0 Å². The van der Waals surface area contributed by atoms with Crippen LogP contribution in [0.15, 0.2) is 146 Å². The van der Waals surface area contributed by atoms with E-state index in [1.165, 1.54) is 41.5 Å². The fourth-order valence-corrected chi connectivity index (χ4v) is 9.53. The van der Waals surface area contributed by atoms with Crippen molar-refractivity contribution in [3.8, 4) is 0 Å². The van der Waals surface area contributed by atoms with Crippen LogP contribution in [0, 0.1) is 0 Å². The molecular formula is C34H31O4P. The molecule has 5 aromatic rings. The van der Waals surface area contributed by atoms with Crippen LogP contribution < -0.4 is 21.2 Å². The maximum absolute atomic E-state index is 11.1. The van der Waals surface area contributed by atoms with E-state index in [1.807, 2.05) is 0 Å². The Bertz CT molecular complexity index is 1290. The van der Waals surface area contributed by atoms with Gasteiger partial charge in [0.1, 0.15) is 0 Å². The second-order valence-electron chi connectivity index (χ2n) is 8.78. The van der Waals surface area contributed by atoms with Crippen LogP contribution in [0.3, 0.4) is 0 Å². The number of methoxy groups -OCH3 is 2. The van der Waals surface area contributed by atoms with Gasteiger partial charge in [-0.25, -0.2) is 9.59 Å². The van der Waals surface area contributed by atoms with Crippen molar-refractivity contribution in [2.75, 3.05) is 14.2 Å². The van der Waals surface area contributed by atoms with Crippen molar-refractivity contribution in [3.63, 3.8) is 0 Å². The molecule has 0 aliphatic carbocycles. The molecule has 0 spiro atoms. The third kappa shape index (κ3) is 6.14. The van der Waals surface area contributed by atoms with Crippen LogP contribution in [0.2, 0.25) is 0 Å². The Morgan fingerprint density at radius 3 is 0.974 bits per heavy atom. The first kappa shape index (κ1) is 27.5. The van der Waals surface area contributed by atoms with Crippen LogP contribution in [-0.4, -0.2) is 26.2 Å². The predicted molar refractivity (Wildman–Crippen MR) is 162 cm³/mol. The van der Waals surface area contributed by atoms with Crippen LogP contribution in [-0.2, 0) is 9.47 Å². The van der Waals surface area contributed by atoms with E-state index in [0.29, 0.717) is 11.1 Å². The van der Waals surface area contributed by atoms with Gasteiger partial charge in [0.15, 0.2) is 0 Å². The topological polar surface area (TPSA) is 52.6 Å². The SMILES string of the molecule is COC(=O)c1cccc(C(=O)OC)c1.c1ccc([PH](c2ccccc2)(c2ccccc2)c2ccccc2)cc1. The molecule has 0 aliphatic heterocycles. The van der Waals surface area contributed by atoms with Crippen LogP contribution in [0.1, 0.15) is 20.7 Å². The molecule has 0 heterocycles. The number of carbonyl (C=O) groups is 2. The van der Waals surface area contributed by atoms with E-state index in [-0.39, 0.29) is 0 Å². The second kappa shape index (κ2) is 13.3. The molecule has 0 aromatic heterocycles. The summed E-state index contributed by atoms with van der Waals surface area (Å²) in [5.41, 5.74) is 0.658. The summed E-state index contributed by atoms with van der Waals surface area (Å²) in [7, 11) is 0.270. The second-order valence-corrected chi connectivity index (χ2v) is 12.6. The van der Waals surface area contributed by atoms with Crippen molar-refractivity contribution >= 4 is 40.4 Å². The molecule has 5 rings (SSSR count). The minimum atomic E-state index is -2.30. The molecule has 0 radical (unpaired) electrons. The van der Waals surface area contributed by atoms with Gasteiger partial charge in [-0.1, -0.05) is 6.07 Å². The molecule has 0 bridgehead atoms. The average Bonchev–Trinajstić information content (AvgIpc) is 3.03. The quantitative estimate of drug-likeness (QED) is 0.219. The molecule has 0 N–H and O–H groups in total. The van der Waals surface area contributed by atoms with Crippen molar-refractivity contribution in [2.45, 2.75) is 0 Å². The van der Waals surface area contributed by atoms with E-state index in [9.17, 15) is 9.59 Å². The average molecular weight is 535 g/mol. The van der Waals surface area contributed by atoms with Crippen molar-refractivity contribution in [3.05, 3.63) is 157 Å². The van der Waals surface area contributed by atoms with Gasteiger partial charge in [0.05, 0.1) is 25.3 Å². The summed E-state index contributed by atoms with van der Waals surface area (Å²) in [6, 6.07) is 50.2. The van der Waals surface area contributed by atoms with E-state index in [4.69, 9.17) is 0 Å². The van der Waals surface area contributed by atoms with Crippen LogP contribution in [0.25, 0.3) is 0 Å². The summed E-state index contributed by atoms with van der Waals surface area (Å²) in [4.78, 5) is 22.2. The Hall–Kier alpha value is -4.53. The number of hydrogen-bond donors (Lipinski definition) is 0. The van der Waals surface area contributed by atoms with Gasteiger partial charge in [0.25, 0.3) is 0 Å². The zero-order valence-electron chi connectivity index (χ0n) is 22.0. The van der Waals surface area contributed by atoms with Gasteiger partial charge in [0, 0.05) is 0 Å². The first-order valence-electron chi connectivity index (χ1n) is 12.6. The Morgan fingerprint density at radius 2 is 0.718 bits per heavy atom. The molecule has 5 aromatic carbocycles. The summed E-state index contributed by atoms with van der Waals surface area (Å²) in [5.74, 6) is -0.952. The van der Waals surface area contributed by atoms with Gasteiger partial charge in [0.2, 0.25) is 0 Å². The monoisotopic (exact) mass is 534 g/mol. The van der Waals surface area contributed by atoms with E-state index in [0.717, 1.165) is 0 Å². The molecule has 0 saturated carbocycles. The Morgan fingerprint density at radius 1 is 0.436 bits per heavy atom. The summed E-state index contributed by atoms with van der Waals surface area (Å²) in [6.07, 6.45) is 0. The maximum atomic E-state index is 11.1. The number of carbonyl (C=O) groups excluding carboxylic acids is 2. The number of esters is 2. The summed E-state index contributed by atoms with van der Waals surface area (Å²) in [6.45, 7) is 0. The minimum absolute atomic E-state index is 0.329. The molecule has 0 aliphatic rings. The third-order valence-corrected chi connectivity index (χ3v) is 11.3. The normalized spacial score (nSPS) is 10.9. The van der Waals surface area contributed by atoms with E-state index in [1.54, 1.807) is 18.2 Å². The van der Waals surface area contributed by atoms with E-state index < -0.39 is 19.2 Å². The molecule has 39 heavy (non-hydrogen) atoms. The number of hydrogen-bond acceptors (Lipinski definition) is 4. The zero-order valence-corrected chi connectivity index (χ0v) is 23.0. The van der Waals surface area contributed by atoms with Crippen LogP contribution >= 0.6 is 7.26 Å². The zero-order chi connectivity index (χ0) is 27.5. The number of ether oxygens (including phenoxy) is 2. The van der Waals surface area contributed by atoms with Crippen molar-refractivity contribution in [1.29, 1.82) is 0 Å². The van der Waals surface area contributed by atoms with E-state index in [2.05, 4.69) is 131 Å². The van der Waals surface area contributed by atoms with Gasteiger partial charge in [-0.3, -0.25) is 0 Å². The first-order chi connectivity index (χ1) is 19.1. The molecule has 0 fully saturated rings. The standard InChI is InChI=1S/C24H21P.C10H10O4/c1-5-13-21(14-6-1)25(22-15-7-2-8-16-22,23-17-9-3-10-18-23)24-19-11-4-12-20-24;1-13-9(11)7-4-3-5-8(6-7)10(12)14-2/h1-20,25H;3-6H,1-2H3. The Labute approximate surface area is 230 Å². The summed E-state index contributed by atoms with van der Waals surface area (Å²) < 4.78 is 9.03. The van der Waals surface area contributed by atoms with Gasteiger partial charge >= 0.3 is 162 Å². The molecule has 0 atom stereocenters. The van der Waals surface area contributed by atoms with Gasteiger partial charge < -0.3 is 9.47 Å². The molecular weight excluding hydrogens is 503 g/mol. The van der Waals surface area contributed by atoms with Crippen molar-refractivity contribution in [2.24, 2.45) is 0 Å². The van der Waals surface area contributed by atoms with Crippen LogP contribution in [0.4, 0.5) is 0 Å². The molecule has 0 saturated heterocycles. The van der Waals surface area contributed by atoms with Gasteiger partial charge in [-0.05, 0) is 18.2 Å². The van der Waals surface area contributed by atoms with Crippen molar-refractivity contribution < 1.29 is 19.1 Å².